The number of allylic oxidation sites excluding steroid dienone is 8. The molecule has 2 aromatic rings. The van der Waals surface area contributed by atoms with Crippen LogP contribution in [-0.2, 0) is 41.5 Å². The molecule has 0 amide bonds. The molecule has 4 aliphatic carbocycles. The summed E-state index contributed by atoms with van der Waals surface area (Å²) in [7, 11) is 0. The van der Waals surface area contributed by atoms with Gasteiger partial charge >= 0.3 is 41.3 Å². The van der Waals surface area contributed by atoms with E-state index in [9.17, 15) is 0 Å². The maximum Gasteiger partial charge on any atom is -1.00 e. The van der Waals surface area contributed by atoms with Gasteiger partial charge in [-0.3, -0.25) is 6.08 Å². The minimum atomic E-state index is 0. The fourth-order valence-electron chi connectivity index (χ4n) is 6.39. The van der Waals surface area contributed by atoms with E-state index in [0.29, 0.717) is 11.3 Å². The zero-order valence-corrected chi connectivity index (χ0v) is 33.1. The van der Waals surface area contributed by atoms with Crippen molar-refractivity contribution in [2.45, 2.75) is 113 Å². The van der Waals surface area contributed by atoms with Gasteiger partial charge in [-0.25, -0.2) is 18.6 Å². The summed E-state index contributed by atoms with van der Waals surface area (Å²) in [5, 5.41) is 0. The van der Waals surface area contributed by atoms with Crippen molar-refractivity contribution < 1.29 is 49.0 Å². The van der Waals surface area contributed by atoms with Crippen molar-refractivity contribution in [3.05, 3.63) is 100 Å². The Morgan fingerprint density at radius 3 is 1.89 bits per heavy atom. The molecule has 0 aromatic heterocycles. The third-order valence-electron chi connectivity index (χ3n) is 9.24. The molecule has 3 heteroatoms. The van der Waals surface area contributed by atoms with Crippen LogP contribution >= 0.6 is 0 Å². The predicted octanol–water partition coefficient (Wildman–Crippen LogP) is 5.35. The number of rotatable bonds is 1. The molecule has 6 rings (SSSR count). The van der Waals surface area contributed by atoms with Crippen LogP contribution in [0.15, 0.2) is 54.1 Å². The summed E-state index contributed by atoms with van der Waals surface area (Å²) in [6, 6.07) is 9.95. The standard InChI is InChI=1S/C27H29.C11H17.C3H6.2ClH.Zr/c1-16-7-9-26(3,4)24-12-18-11-19-13-25-21(17(2)8-10-27(25,5)6)15-23(19)22(18)14-20(16)24;1-5-9-6-7-10(8-9)11(2,3)4;1-3-2;;;/h7-9,12-15H,10-11H2,1-6H3;7-9H,5H2,1-4H3;1-2H3;2*1H;/q2*-1;;;;+2/p-2. The van der Waals surface area contributed by atoms with E-state index in [0.717, 1.165) is 12.8 Å². The Labute approximate surface area is 297 Å². The summed E-state index contributed by atoms with van der Waals surface area (Å²) in [5.41, 5.74) is 16.7. The zero-order chi connectivity index (χ0) is 31.2. The number of benzene rings is 2. The second-order valence-corrected chi connectivity index (χ2v) is 17.7. The van der Waals surface area contributed by atoms with E-state index < -0.39 is 0 Å². The fraction of sp³-hybridized carbons (Fsp3) is 0.463. The molecule has 44 heavy (non-hydrogen) atoms. The van der Waals surface area contributed by atoms with Gasteiger partial charge in [0.2, 0.25) is 0 Å². The molecule has 0 aliphatic heterocycles. The van der Waals surface area contributed by atoms with E-state index in [2.05, 4.69) is 144 Å². The molecule has 0 bridgehead atoms. The zero-order valence-electron chi connectivity index (χ0n) is 29.2. The van der Waals surface area contributed by atoms with Crippen LogP contribution in [0.5, 0.6) is 0 Å². The van der Waals surface area contributed by atoms with Gasteiger partial charge in [0, 0.05) is 0 Å². The largest absolute Gasteiger partial charge is 1.00 e. The third kappa shape index (κ3) is 8.30. The van der Waals surface area contributed by atoms with Gasteiger partial charge in [-0.1, -0.05) is 108 Å². The molecular weight excluding hydrogens is 655 g/mol. The van der Waals surface area contributed by atoms with E-state index in [1.54, 1.807) is 24.2 Å². The maximum absolute atomic E-state index is 3.35. The second-order valence-electron chi connectivity index (χ2n) is 15.2. The van der Waals surface area contributed by atoms with E-state index in [1.807, 2.05) is 0 Å². The molecule has 1 unspecified atom stereocenters. The average Bonchev–Trinajstić information content (AvgIpc) is 3.52. The number of fused-ring (bicyclic) bond motifs is 5. The monoisotopic (exact) mass is 704 g/mol. The van der Waals surface area contributed by atoms with Crippen LogP contribution in [0.2, 0.25) is 0 Å². The molecule has 0 spiro atoms. The maximum atomic E-state index is 3.35. The summed E-state index contributed by atoms with van der Waals surface area (Å²) >= 11 is 1.55. The molecule has 2 aromatic carbocycles. The van der Waals surface area contributed by atoms with Gasteiger partial charge in [-0.2, -0.15) is 17.2 Å². The third-order valence-corrected chi connectivity index (χ3v) is 9.24. The van der Waals surface area contributed by atoms with Crippen LogP contribution in [0.1, 0.15) is 129 Å². The van der Waals surface area contributed by atoms with Crippen molar-refractivity contribution in [3.63, 3.8) is 0 Å². The molecule has 0 nitrogen and oxygen atoms in total. The minimum Gasteiger partial charge on any atom is -1.00 e. The molecular formula is C41H52Cl2Zr-2. The summed E-state index contributed by atoms with van der Waals surface area (Å²) in [6.45, 7) is 27.1. The van der Waals surface area contributed by atoms with E-state index in [-0.39, 0.29) is 35.6 Å². The van der Waals surface area contributed by atoms with Gasteiger partial charge in [0.05, 0.1) is 0 Å². The number of hydrogen-bond donors (Lipinski definition) is 0. The number of halogens is 2. The molecule has 0 saturated carbocycles. The smallest absolute Gasteiger partial charge is 1.00 e. The van der Waals surface area contributed by atoms with Crippen LogP contribution in [-0.4, -0.2) is 3.21 Å². The second kappa shape index (κ2) is 14.6. The molecule has 0 saturated heterocycles. The Kier molecular flexibility index (Phi) is 12.8. The van der Waals surface area contributed by atoms with Crippen LogP contribution in [0.3, 0.4) is 0 Å². The molecule has 0 N–H and O–H groups in total. The van der Waals surface area contributed by atoms with Crippen LogP contribution in [0.25, 0.3) is 22.3 Å². The van der Waals surface area contributed by atoms with Gasteiger partial charge in [0.1, 0.15) is 0 Å². The quantitative estimate of drug-likeness (QED) is 0.300. The Hall–Kier alpha value is -1.40. The summed E-state index contributed by atoms with van der Waals surface area (Å²) in [6.07, 6.45) is 18.3. The molecule has 236 valence electrons. The van der Waals surface area contributed by atoms with Crippen LogP contribution in [0, 0.1) is 23.8 Å². The van der Waals surface area contributed by atoms with Crippen molar-refractivity contribution in [3.8, 4) is 11.1 Å². The molecule has 4 aliphatic rings. The van der Waals surface area contributed by atoms with Crippen molar-refractivity contribution in [1.29, 1.82) is 0 Å². The topological polar surface area (TPSA) is 0 Å². The Bertz CT molecular complexity index is 1430. The Balaban J connectivity index is 0.000000335. The number of hydrogen-bond acceptors (Lipinski definition) is 0. The minimum absolute atomic E-state index is 0. The Morgan fingerprint density at radius 2 is 1.41 bits per heavy atom. The fourth-order valence-corrected chi connectivity index (χ4v) is 6.39. The van der Waals surface area contributed by atoms with Crippen molar-refractivity contribution in [1.82, 2.24) is 0 Å². The van der Waals surface area contributed by atoms with Gasteiger partial charge in [0.15, 0.2) is 0 Å². The first-order valence-corrected chi connectivity index (χ1v) is 17.1. The first-order valence-electron chi connectivity index (χ1n) is 15.8. The SMILES string of the molecule is CC1=C[CH-]C(C)(C)c2cc3c(cc21)-c1cc2c(cc1C3)C(C)(C)CC=C2C.CCC1[C-]=CC(C(C)(C)C)=C1.C[C](C)=[Zr+2].[Cl-].[Cl-]. The summed E-state index contributed by atoms with van der Waals surface area (Å²) < 4.78 is 1.51. The summed E-state index contributed by atoms with van der Waals surface area (Å²) in [4.78, 5) is 0. The van der Waals surface area contributed by atoms with E-state index >= 15 is 0 Å². The molecule has 0 heterocycles. The normalized spacial score (nSPS) is 19.2. The van der Waals surface area contributed by atoms with Crippen molar-refractivity contribution in [2.24, 2.45) is 11.3 Å². The van der Waals surface area contributed by atoms with Crippen LogP contribution in [0.4, 0.5) is 0 Å². The first kappa shape index (κ1) is 38.8. The van der Waals surface area contributed by atoms with Crippen molar-refractivity contribution >= 4 is 14.4 Å². The predicted molar refractivity (Wildman–Crippen MR) is 182 cm³/mol. The van der Waals surface area contributed by atoms with Gasteiger partial charge in [-0.05, 0) is 70.2 Å². The van der Waals surface area contributed by atoms with Crippen molar-refractivity contribution in [2.75, 3.05) is 0 Å². The van der Waals surface area contributed by atoms with Gasteiger partial charge in [-0.15, -0.1) is 12.5 Å². The first-order chi connectivity index (χ1) is 19.4. The summed E-state index contributed by atoms with van der Waals surface area (Å²) in [5.74, 6) is 0.573. The molecule has 0 radical (unpaired) electrons. The van der Waals surface area contributed by atoms with Gasteiger partial charge in [0.25, 0.3) is 0 Å². The van der Waals surface area contributed by atoms with Gasteiger partial charge < -0.3 is 24.8 Å². The molecule has 0 fully saturated rings. The molecule has 1 atom stereocenters. The van der Waals surface area contributed by atoms with E-state index in [4.69, 9.17) is 0 Å². The van der Waals surface area contributed by atoms with Crippen LogP contribution < -0.4 is 24.8 Å². The Morgan fingerprint density at radius 1 is 0.886 bits per heavy atom. The average molecular weight is 707 g/mol. The van der Waals surface area contributed by atoms with E-state index in [1.165, 1.54) is 70.9 Å².